The predicted molar refractivity (Wildman–Crippen MR) is 99.2 cm³/mol. The van der Waals surface area contributed by atoms with E-state index in [1.807, 2.05) is 30.7 Å². The van der Waals surface area contributed by atoms with Crippen molar-refractivity contribution in [2.24, 2.45) is 0 Å². The van der Waals surface area contributed by atoms with Gasteiger partial charge in [0.15, 0.2) is 0 Å². The lowest BCUT2D eigenvalue weighted by molar-refractivity contribution is 0.200. The van der Waals surface area contributed by atoms with Crippen LogP contribution in [0.1, 0.15) is 36.5 Å². The van der Waals surface area contributed by atoms with E-state index in [4.69, 9.17) is 4.74 Å². The minimum Gasteiger partial charge on any atom is -0.497 e. The molecule has 0 heterocycles. The lowest BCUT2D eigenvalue weighted by Crippen LogP contribution is -2.27. The van der Waals surface area contributed by atoms with Crippen LogP contribution in [0.5, 0.6) is 5.75 Å². The number of hydrogen-bond donors (Lipinski definition) is 2. The van der Waals surface area contributed by atoms with E-state index < -0.39 is 6.10 Å². The standard InChI is InChI=1S/C21H28NO2/c1-16(2)19-10-7-17(8-11-19)9-12-20(23)15-22-14-18-5-4-6-21(13-18)24-3/h4-8,10-13,16,20,22-23H,9,14-15H2,1-3H3/t20-/m1/s1. The number of aliphatic hydroxyl groups is 1. The molecule has 1 radical (unpaired) electrons. The van der Waals surface area contributed by atoms with Gasteiger partial charge in [-0.05, 0) is 47.6 Å². The molecule has 3 nitrogen and oxygen atoms in total. The summed E-state index contributed by atoms with van der Waals surface area (Å²) in [5, 5.41) is 13.4. The van der Waals surface area contributed by atoms with Gasteiger partial charge in [0.1, 0.15) is 5.75 Å². The molecular formula is C21H28NO2. The monoisotopic (exact) mass is 326 g/mol. The smallest absolute Gasteiger partial charge is 0.119 e. The summed E-state index contributed by atoms with van der Waals surface area (Å²) < 4.78 is 5.21. The second-order valence-electron chi connectivity index (χ2n) is 6.39. The maximum absolute atomic E-state index is 10.1. The van der Waals surface area contributed by atoms with Gasteiger partial charge in [-0.2, -0.15) is 0 Å². The van der Waals surface area contributed by atoms with Gasteiger partial charge in [-0.3, -0.25) is 0 Å². The Hall–Kier alpha value is -1.84. The predicted octanol–water partition coefficient (Wildman–Crippen LogP) is 3.72. The Kier molecular flexibility index (Phi) is 7.29. The zero-order valence-corrected chi connectivity index (χ0v) is 14.8. The molecule has 0 aliphatic heterocycles. The Bertz CT molecular complexity index is 607. The van der Waals surface area contributed by atoms with Crippen molar-refractivity contribution in [2.75, 3.05) is 13.7 Å². The highest BCUT2D eigenvalue weighted by Crippen LogP contribution is 2.16. The van der Waals surface area contributed by atoms with E-state index in [1.54, 1.807) is 7.11 Å². The lowest BCUT2D eigenvalue weighted by Gasteiger charge is -2.12. The molecule has 0 spiro atoms. The second kappa shape index (κ2) is 9.45. The molecular weight excluding hydrogens is 298 g/mol. The van der Waals surface area contributed by atoms with Crippen molar-refractivity contribution in [3.8, 4) is 5.75 Å². The number of benzene rings is 2. The third kappa shape index (κ3) is 5.99. The normalized spacial score (nSPS) is 12.4. The second-order valence-corrected chi connectivity index (χ2v) is 6.39. The van der Waals surface area contributed by atoms with Crippen molar-refractivity contribution in [1.29, 1.82) is 0 Å². The molecule has 2 aromatic carbocycles. The summed E-state index contributed by atoms with van der Waals surface area (Å²) in [5.74, 6) is 1.40. The van der Waals surface area contributed by atoms with Crippen LogP contribution in [0.15, 0.2) is 48.5 Å². The number of hydrogen-bond acceptors (Lipinski definition) is 3. The zero-order valence-electron chi connectivity index (χ0n) is 14.8. The van der Waals surface area contributed by atoms with Gasteiger partial charge < -0.3 is 15.2 Å². The van der Waals surface area contributed by atoms with E-state index in [-0.39, 0.29) is 0 Å². The molecule has 0 aromatic heterocycles. The molecule has 0 fully saturated rings. The Labute approximate surface area is 145 Å². The Morgan fingerprint density at radius 2 is 1.83 bits per heavy atom. The molecule has 1 atom stereocenters. The maximum Gasteiger partial charge on any atom is 0.119 e. The highest BCUT2D eigenvalue weighted by Gasteiger charge is 2.06. The van der Waals surface area contributed by atoms with Gasteiger partial charge in [0.25, 0.3) is 0 Å². The topological polar surface area (TPSA) is 41.5 Å². The SMILES string of the molecule is COc1cccc(CNC[C@H](O)[CH]Cc2ccc(C(C)C)cc2)c1. The molecule has 0 saturated heterocycles. The lowest BCUT2D eigenvalue weighted by atomic mass is 9.99. The summed E-state index contributed by atoms with van der Waals surface area (Å²) in [7, 11) is 1.67. The number of aliphatic hydroxyl groups excluding tert-OH is 1. The average Bonchev–Trinajstić information content (AvgIpc) is 2.60. The van der Waals surface area contributed by atoms with Crippen LogP contribution in [0.2, 0.25) is 0 Å². The quantitative estimate of drug-likeness (QED) is 0.738. The molecule has 2 N–H and O–H groups in total. The Morgan fingerprint density at radius 3 is 2.50 bits per heavy atom. The van der Waals surface area contributed by atoms with E-state index in [0.717, 1.165) is 17.7 Å². The molecule has 0 aliphatic carbocycles. The van der Waals surface area contributed by atoms with Crippen LogP contribution in [-0.4, -0.2) is 24.9 Å². The van der Waals surface area contributed by atoms with Gasteiger partial charge >= 0.3 is 0 Å². The van der Waals surface area contributed by atoms with Crippen LogP contribution >= 0.6 is 0 Å². The van der Waals surface area contributed by atoms with Crippen LogP contribution < -0.4 is 10.1 Å². The first-order valence-corrected chi connectivity index (χ1v) is 8.52. The fraction of sp³-hybridized carbons (Fsp3) is 0.381. The minimum absolute atomic E-state index is 0.458. The fourth-order valence-electron chi connectivity index (χ4n) is 2.54. The highest BCUT2D eigenvalue weighted by molar-refractivity contribution is 5.28. The molecule has 2 rings (SSSR count). The van der Waals surface area contributed by atoms with Crippen molar-refractivity contribution >= 4 is 0 Å². The van der Waals surface area contributed by atoms with E-state index in [2.05, 4.69) is 43.4 Å². The Balaban J connectivity index is 1.70. The van der Waals surface area contributed by atoms with E-state index in [0.29, 0.717) is 19.0 Å². The molecule has 3 heteroatoms. The number of methoxy groups -OCH3 is 1. The van der Waals surface area contributed by atoms with Gasteiger partial charge in [-0.1, -0.05) is 50.2 Å². The maximum atomic E-state index is 10.1. The molecule has 24 heavy (non-hydrogen) atoms. The van der Waals surface area contributed by atoms with Crippen LogP contribution in [0, 0.1) is 6.42 Å². The zero-order chi connectivity index (χ0) is 17.4. The van der Waals surface area contributed by atoms with E-state index in [1.165, 1.54) is 11.1 Å². The minimum atomic E-state index is -0.458. The van der Waals surface area contributed by atoms with Crippen molar-refractivity contribution in [3.63, 3.8) is 0 Å². The Morgan fingerprint density at radius 1 is 1.08 bits per heavy atom. The average molecular weight is 326 g/mol. The van der Waals surface area contributed by atoms with Gasteiger partial charge in [-0.15, -0.1) is 0 Å². The highest BCUT2D eigenvalue weighted by atomic mass is 16.5. The number of rotatable bonds is 9. The van der Waals surface area contributed by atoms with Crippen molar-refractivity contribution in [1.82, 2.24) is 5.32 Å². The van der Waals surface area contributed by atoms with Crippen LogP contribution in [0.4, 0.5) is 0 Å². The summed E-state index contributed by atoms with van der Waals surface area (Å²) in [5.41, 5.74) is 3.72. The summed E-state index contributed by atoms with van der Waals surface area (Å²) in [6.07, 6.45) is 2.27. The van der Waals surface area contributed by atoms with Crippen molar-refractivity contribution in [2.45, 2.75) is 38.8 Å². The van der Waals surface area contributed by atoms with Crippen LogP contribution in [0.25, 0.3) is 0 Å². The van der Waals surface area contributed by atoms with Crippen LogP contribution in [0.3, 0.4) is 0 Å². The third-order valence-electron chi connectivity index (χ3n) is 4.09. The molecule has 0 amide bonds. The van der Waals surface area contributed by atoms with Gasteiger partial charge in [0.05, 0.1) is 13.2 Å². The molecule has 0 aliphatic rings. The molecule has 0 saturated carbocycles. The first kappa shape index (κ1) is 18.5. The summed E-state index contributed by atoms with van der Waals surface area (Å²) in [6.45, 7) is 5.64. The molecule has 129 valence electrons. The summed E-state index contributed by atoms with van der Waals surface area (Å²) in [6, 6.07) is 16.6. The fourth-order valence-corrected chi connectivity index (χ4v) is 2.54. The summed E-state index contributed by atoms with van der Waals surface area (Å²) in [4.78, 5) is 0. The number of nitrogens with one attached hydrogen (secondary N) is 1. The van der Waals surface area contributed by atoms with Gasteiger partial charge in [0.2, 0.25) is 0 Å². The number of ether oxygens (including phenoxy) is 1. The summed E-state index contributed by atoms with van der Waals surface area (Å²) >= 11 is 0. The van der Waals surface area contributed by atoms with E-state index >= 15 is 0 Å². The first-order valence-electron chi connectivity index (χ1n) is 8.52. The van der Waals surface area contributed by atoms with E-state index in [9.17, 15) is 5.11 Å². The molecule has 0 unspecified atom stereocenters. The largest absolute Gasteiger partial charge is 0.497 e. The molecule has 0 bridgehead atoms. The molecule has 2 aromatic rings. The first-order chi connectivity index (χ1) is 11.6. The van der Waals surface area contributed by atoms with Gasteiger partial charge in [0, 0.05) is 13.1 Å². The van der Waals surface area contributed by atoms with Crippen LogP contribution in [-0.2, 0) is 13.0 Å². The van der Waals surface area contributed by atoms with Crippen molar-refractivity contribution in [3.05, 3.63) is 71.6 Å². The third-order valence-corrected chi connectivity index (χ3v) is 4.09. The van der Waals surface area contributed by atoms with Gasteiger partial charge in [-0.25, -0.2) is 0 Å². The van der Waals surface area contributed by atoms with Crippen molar-refractivity contribution < 1.29 is 9.84 Å².